The Kier molecular flexibility index (Phi) is 13.7. The molecule has 0 aliphatic carbocycles. The number of hydrogen-bond acceptors (Lipinski definition) is 12. The minimum atomic E-state index is -0.860. The summed E-state index contributed by atoms with van der Waals surface area (Å²) >= 11 is 0. The van der Waals surface area contributed by atoms with Crippen LogP contribution in [-0.4, -0.2) is 125 Å². The molecule has 4 heterocycles. The number of anilines is 1. The number of nitrogens with zero attached hydrogens (tertiary/aromatic N) is 5. The number of H-pyrrole nitrogens is 1. The number of rotatable bonds is 17. The van der Waals surface area contributed by atoms with Crippen LogP contribution in [0.1, 0.15) is 55.9 Å². The Morgan fingerprint density at radius 1 is 1.09 bits per heavy atom. The molecule has 1 atom stereocenters. The number of aromatic amines is 1. The van der Waals surface area contributed by atoms with Gasteiger partial charge in [-0.05, 0) is 61.9 Å². The van der Waals surface area contributed by atoms with Crippen molar-refractivity contribution in [3.8, 4) is 11.6 Å². The number of carbonyl (C=O) groups is 1. The van der Waals surface area contributed by atoms with E-state index >= 15 is 0 Å². The van der Waals surface area contributed by atoms with Gasteiger partial charge in [-0.2, -0.15) is 4.98 Å². The van der Waals surface area contributed by atoms with Gasteiger partial charge in [0.2, 0.25) is 23.3 Å². The fourth-order valence-electron chi connectivity index (χ4n) is 7.28. The van der Waals surface area contributed by atoms with Crippen molar-refractivity contribution in [2.75, 3.05) is 77.6 Å². The maximum Gasteiger partial charge on any atom is 0.248 e. The van der Waals surface area contributed by atoms with Crippen molar-refractivity contribution in [1.29, 1.82) is 0 Å². The molecule has 2 aliphatic heterocycles. The molecule has 1 spiro atoms. The topological polar surface area (TPSA) is 166 Å². The molecular formula is C41H55N7O7. The highest BCUT2D eigenvalue weighted by molar-refractivity contribution is 5.87. The number of piperidine rings is 1. The number of phenols is 1. The Balaban J connectivity index is 0.857. The first kappa shape index (κ1) is 40.1. The van der Waals surface area contributed by atoms with E-state index < -0.39 is 6.10 Å². The van der Waals surface area contributed by atoms with Gasteiger partial charge >= 0.3 is 0 Å². The Labute approximate surface area is 322 Å². The second kappa shape index (κ2) is 18.8. The van der Waals surface area contributed by atoms with E-state index in [1.165, 1.54) is 23.3 Å². The van der Waals surface area contributed by atoms with E-state index in [2.05, 4.69) is 54.3 Å². The van der Waals surface area contributed by atoms with Crippen LogP contribution in [0.25, 0.3) is 10.9 Å². The zero-order valence-corrected chi connectivity index (χ0v) is 32.2. The number of amides is 1. The van der Waals surface area contributed by atoms with E-state index in [1.54, 1.807) is 36.3 Å². The number of benzene rings is 2. The third-order valence-corrected chi connectivity index (χ3v) is 10.3. The number of nitrogens with one attached hydrogen (secondary N) is 2. The van der Waals surface area contributed by atoms with Gasteiger partial charge in [0.1, 0.15) is 5.75 Å². The van der Waals surface area contributed by atoms with E-state index in [0.717, 1.165) is 52.0 Å². The van der Waals surface area contributed by atoms with Gasteiger partial charge in [0.25, 0.3) is 0 Å². The number of likely N-dealkylation sites (N-methyl/N-ethyl adjacent to an activating group) is 1. The van der Waals surface area contributed by atoms with Crippen LogP contribution in [0.15, 0.2) is 65.6 Å². The van der Waals surface area contributed by atoms with Crippen molar-refractivity contribution in [3.63, 3.8) is 0 Å². The lowest BCUT2D eigenvalue weighted by Gasteiger charge is -2.47. The molecule has 2 aromatic heterocycles. The molecule has 4 N–H and O–H groups in total. The van der Waals surface area contributed by atoms with Crippen LogP contribution in [0.4, 0.5) is 5.95 Å². The quantitative estimate of drug-likeness (QED) is 0.116. The molecule has 0 saturated carbocycles. The summed E-state index contributed by atoms with van der Waals surface area (Å²) in [5.41, 5.74) is 2.86. The molecule has 2 fully saturated rings. The molecule has 14 heteroatoms. The first-order valence-electron chi connectivity index (χ1n) is 19.3. The molecular weight excluding hydrogens is 702 g/mol. The molecule has 4 aromatic rings. The van der Waals surface area contributed by atoms with Crippen LogP contribution in [0.3, 0.4) is 0 Å². The predicted molar refractivity (Wildman–Crippen MR) is 210 cm³/mol. The van der Waals surface area contributed by atoms with E-state index in [4.69, 9.17) is 14.2 Å². The predicted octanol–water partition coefficient (Wildman–Crippen LogP) is 3.41. The van der Waals surface area contributed by atoms with Gasteiger partial charge in [0, 0.05) is 76.6 Å². The number of phenolic OH excluding ortho intramolecular Hbond substituents is 1. The summed E-state index contributed by atoms with van der Waals surface area (Å²) in [6.07, 6.45) is 3.94. The molecule has 0 radical (unpaired) electrons. The van der Waals surface area contributed by atoms with E-state index in [0.29, 0.717) is 67.6 Å². The highest BCUT2D eigenvalue weighted by Gasteiger charge is 2.40. The molecule has 2 aromatic carbocycles. The van der Waals surface area contributed by atoms with Gasteiger partial charge in [-0.1, -0.05) is 30.3 Å². The molecule has 55 heavy (non-hydrogen) atoms. The number of likely N-dealkylation sites (tertiary alicyclic amines) is 1. The molecule has 6 rings (SSSR count). The second-order valence-electron chi connectivity index (χ2n) is 14.8. The van der Waals surface area contributed by atoms with Crippen LogP contribution < -0.4 is 20.5 Å². The van der Waals surface area contributed by atoms with Gasteiger partial charge in [0.15, 0.2) is 0 Å². The monoisotopic (exact) mass is 757 g/mol. The van der Waals surface area contributed by atoms with Gasteiger partial charge in [-0.15, -0.1) is 0 Å². The maximum atomic E-state index is 12.7. The van der Waals surface area contributed by atoms with Crippen molar-refractivity contribution in [3.05, 3.63) is 87.8 Å². The number of aromatic nitrogens is 3. The fraction of sp³-hybridized carbons (Fsp3) is 0.512. The average Bonchev–Trinajstić information content (AvgIpc) is 3.17. The number of aliphatic hydroxyl groups excluding tert-OH is 1. The number of aliphatic hydroxyl groups is 1. The Bertz CT molecular complexity index is 1930. The molecule has 296 valence electrons. The van der Waals surface area contributed by atoms with Crippen LogP contribution >= 0.6 is 0 Å². The average molecular weight is 758 g/mol. The SMILES string of the molecule is CC(C)Oc1ccnc(N2CCOC3(CCN(Cc4cccc(CCOCCC(=O)N(C)CCNC[C@H](O)c5ccc(O)c6[nH]c(=O)ccc56)c4)CC3)C2)n1. The number of pyridine rings is 1. The molecule has 2 saturated heterocycles. The first-order chi connectivity index (χ1) is 26.6. The summed E-state index contributed by atoms with van der Waals surface area (Å²) < 4.78 is 18.1. The summed E-state index contributed by atoms with van der Waals surface area (Å²) in [5, 5.41) is 24.6. The number of morpholine rings is 1. The third kappa shape index (κ3) is 11.0. The lowest BCUT2D eigenvalue weighted by molar-refractivity contribution is -0.131. The van der Waals surface area contributed by atoms with Crippen LogP contribution in [0.5, 0.6) is 11.6 Å². The zero-order valence-electron chi connectivity index (χ0n) is 32.2. The molecule has 1 amide bonds. The molecule has 14 nitrogen and oxygen atoms in total. The van der Waals surface area contributed by atoms with E-state index in [-0.39, 0.29) is 35.5 Å². The minimum absolute atomic E-state index is 0.00810. The highest BCUT2D eigenvalue weighted by atomic mass is 16.5. The Morgan fingerprint density at radius 3 is 2.73 bits per heavy atom. The largest absolute Gasteiger partial charge is 0.506 e. The summed E-state index contributed by atoms with van der Waals surface area (Å²) in [4.78, 5) is 42.5. The number of hydrogen-bond donors (Lipinski definition) is 4. The van der Waals surface area contributed by atoms with Gasteiger partial charge in [0.05, 0.1) is 56.1 Å². The van der Waals surface area contributed by atoms with Crippen molar-refractivity contribution >= 4 is 22.8 Å². The summed E-state index contributed by atoms with van der Waals surface area (Å²) in [5.74, 6) is 1.24. The summed E-state index contributed by atoms with van der Waals surface area (Å²) in [6, 6.07) is 16.5. The number of fused-ring (bicyclic) bond motifs is 1. The fourth-order valence-corrected chi connectivity index (χ4v) is 7.28. The van der Waals surface area contributed by atoms with Gasteiger partial charge in [-0.3, -0.25) is 14.5 Å². The summed E-state index contributed by atoms with van der Waals surface area (Å²) in [7, 11) is 1.76. The second-order valence-corrected chi connectivity index (χ2v) is 14.8. The maximum absolute atomic E-state index is 12.7. The van der Waals surface area contributed by atoms with Crippen molar-refractivity contribution in [2.24, 2.45) is 0 Å². The first-order valence-corrected chi connectivity index (χ1v) is 19.3. The molecule has 2 aliphatic rings. The lowest BCUT2D eigenvalue weighted by Crippen LogP contribution is -2.57. The lowest BCUT2D eigenvalue weighted by atomic mass is 9.89. The van der Waals surface area contributed by atoms with E-state index in [9.17, 15) is 19.8 Å². The third-order valence-electron chi connectivity index (χ3n) is 10.3. The normalized spacial score (nSPS) is 16.5. The number of carbonyl (C=O) groups excluding carboxylic acids is 1. The van der Waals surface area contributed by atoms with Crippen LogP contribution in [0.2, 0.25) is 0 Å². The van der Waals surface area contributed by atoms with Gasteiger partial charge in [-0.25, -0.2) is 4.98 Å². The van der Waals surface area contributed by atoms with Crippen molar-refractivity contribution < 1.29 is 29.2 Å². The highest BCUT2D eigenvalue weighted by Crippen LogP contribution is 2.33. The number of ether oxygens (including phenoxy) is 3. The van der Waals surface area contributed by atoms with Crippen LogP contribution in [-0.2, 0) is 27.2 Å². The van der Waals surface area contributed by atoms with Gasteiger partial charge < -0.3 is 44.5 Å². The molecule has 0 bridgehead atoms. The minimum Gasteiger partial charge on any atom is -0.506 e. The Morgan fingerprint density at radius 2 is 1.91 bits per heavy atom. The standard InChI is InChI=1S/C41H55N7O7/c1-29(2)55-37-11-16-43-40(45-37)48-21-24-54-41(28-48)14-18-47(19-15-41)27-31-6-4-5-30(25-31)12-22-53-23-13-38(52)46(3)20-17-42-26-35(50)32-7-9-34(49)39-33(32)8-10-36(51)44-39/h4-11,16,25,29,35,42,49-50H,12-15,17-24,26-28H2,1-3H3,(H,44,51)/t35-/m0/s1. The summed E-state index contributed by atoms with van der Waals surface area (Å²) in [6.45, 7) is 11.1. The smallest absolute Gasteiger partial charge is 0.248 e. The van der Waals surface area contributed by atoms with Crippen molar-refractivity contribution in [2.45, 2.75) is 63.9 Å². The van der Waals surface area contributed by atoms with Crippen molar-refractivity contribution in [1.82, 2.24) is 30.1 Å². The number of aromatic hydroxyl groups is 1. The molecule has 0 unspecified atom stereocenters. The van der Waals surface area contributed by atoms with Crippen LogP contribution in [0, 0.1) is 0 Å². The Hall–Kier alpha value is -4.60. The van der Waals surface area contributed by atoms with E-state index in [1.807, 2.05) is 13.8 Å². The zero-order chi connectivity index (χ0) is 38.8.